The van der Waals surface area contributed by atoms with Crippen molar-refractivity contribution in [3.05, 3.63) is 23.8 Å². The van der Waals surface area contributed by atoms with Gasteiger partial charge >= 0.3 is 0 Å². The minimum absolute atomic E-state index is 0.354. The van der Waals surface area contributed by atoms with Gasteiger partial charge in [0, 0.05) is 5.56 Å². The van der Waals surface area contributed by atoms with Crippen molar-refractivity contribution in [3.63, 3.8) is 0 Å². The van der Waals surface area contributed by atoms with Crippen LogP contribution in [0.25, 0.3) is 0 Å². The van der Waals surface area contributed by atoms with Crippen LogP contribution in [-0.4, -0.2) is 40.0 Å². The van der Waals surface area contributed by atoms with Crippen molar-refractivity contribution in [2.45, 2.75) is 20.4 Å². The molecule has 0 aliphatic carbocycles. The minimum atomic E-state index is 0.354. The van der Waals surface area contributed by atoms with Crippen LogP contribution < -0.4 is 19.3 Å². The van der Waals surface area contributed by atoms with E-state index in [0.29, 0.717) is 6.79 Å². The van der Waals surface area contributed by atoms with Gasteiger partial charge in [0.25, 0.3) is 0 Å². The molecule has 0 spiro atoms. The monoisotopic (exact) mass is 266 g/mol. The minimum Gasteiger partial charge on any atom is -0.454 e. The van der Waals surface area contributed by atoms with E-state index < -0.39 is 0 Å². The van der Waals surface area contributed by atoms with E-state index in [1.807, 2.05) is 6.07 Å². The van der Waals surface area contributed by atoms with Gasteiger partial charge in [0.15, 0.2) is 11.5 Å². The van der Waals surface area contributed by atoms with E-state index in [-0.39, 0.29) is 0 Å². The number of hydrogen-bond acceptors (Lipinski definition) is 2. The lowest BCUT2D eigenvalue weighted by atomic mass is 10.2. The van der Waals surface area contributed by atoms with E-state index in [1.54, 1.807) is 9.80 Å². The Morgan fingerprint density at radius 2 is 1.79 bits per heavy atom. The summed E-state index contributed by atoms with van der Waals surface area (Å²) in [6, 6.07) is 6.26. The summed E-state index contributed by atoms with van der Waals surface area (Å²) in [6.07, 6.45) is 0. The molecule has 1 aromatic carbocycles. The lowest BCUT2D eigenvalue weighted by Crippen LogP contribution is -3.18. The highest BCUT2D eigenvalue weighted by atomic mass is 16.7. The summed E-state index contributed by atoms with van der Waals surface area (Å²) in [4.78, 5) is 3.21. The molecule has 1 aliphatic heterocycles. The molecule has 2 rings (SSSR count). The van der Waals surface area contributed by atoms with Crippen molar-refractivity contribution in [3.8, 4) is 11.5 Å². The maximum absolute atomic E-state index is 5.42. The van der Waals surface area contributed by atoms with E-state index in [1.165, 1.54) is 31.7 Å². The fourth-order valence-corrected chi connectivity index (χ4v) is 2.48. The van der Waals surface area contributed by atoms with Crippen LogP contribution in [0.15, 0.2) is 18.2 Å². The van der Waals surface area contributed by atoms with Crippen LogP contribution in [0, 0.1) is 0 Å². The molecule has 0 bridgehead atoms. The molecule has 0 saturated carbocycles. The highest BCUT2D eigenvalue weighted by Gasteiger charge is 2.15. The molecule has 106 valence electrons. The van der Waals surface area contributed by atoms with E-state index in [4.69, 9.17) is 9.47 Å². The summed E-state index contributed by atoms with van der Waals surface area (Å²) < 4.78 is 10.8. The Balaban J connectivity index is 1.83. The zero-order chi connectivity index (χ0) is 13.7. The average Bonchev–Trinajstić information content (AvgIpc) is 2.87. The zero-order valence-corrected chi connectivity index (χ0v) is 12.3. The van der Waals surface area contributed by atoms with Crippen LogP contribution >= 0.6 is 0 Å². The van der Waals surface area contributed by atoms with E-state index in [9.17, 15) is 0 Å². The molecule has 2 N–H and O–H groups in total. The van der Waals surface area contributed by atoms with Gasteiger partial charge in [-0.1, -0.05) is 0 Å². The maximum atomic E-state index is 5.42. The van der Waals surface area contributed by atoms with Crippen LogP contribution in [0.4, 0.5) is 0 Å². The summed E-state index contributed by atoms with van der Waals surface area (Å²) >= 11 is 0. The number of benzene rings is 1. The number of fused-ring (bicyclic) bond motifs is 1. The van der Waals surface area contributed by atoms with Crippen molar-refractivity contribution in [1.82, 2.24) is 0 Å². The Labute approximate surface area is 115 Å². The smallest absolute Gasteiger partial charge is 0.231 e. The number of nitrogens with one attached hydrogen (secondary N) is 2. The second-order valence-corrected chi connectivity index (χ2v) is 5.28. The fourth-order valence-electron chi connectivity index (χ4n) is 2.48. The van der Waals surface area contributed by atoms with E-state index >= 15 is 0 Å². The largest absolute Gasteiger partial charge is 0.454 e. The third-order valence-electron chi connectivity index (χ3n) is 3.85. The quantitative estimate of drug-likeness (QED) is 0.687. The van der Waals surface area contributed by atoms with Crippen molar-refractivity contribution >= 4 is 0 Å². The number of rotatable bonds is 7. The Bertz CT molecular complexity index is 405. The molecular formula is C15H26N2O2+2. The molecular weight excluding hydrogens is 240 g/mol. The third kappa shape index (κ3) is 3.85. The molecule has 0 fully saturated rings. The van der Waals surface area contributed by atoms with Crippen LogP contribution in [0.2, 0.25) is 0 Å². The lowest BCUT2D eigenvalue weighted by Gasteiger charge is -2.19. The highest BCUT2D eigenvalue weighted by Crippen LogP contribution is 2.32. The van der Waals surface area contributed by atoms with Crippen molar-refractivity contribution in [1.29, 1.82) is 0 Å². The highest BCUT2D eigenvalue weighted by molar-refractivity contribution is 5.44. The first kappa shape index (κ1) is 14.2. The number of hydrogen-bond donors (Lipinski definition) is 2. The van der Waals surface area contributed by atoms with Gasteiger partial charge in [0.1, 0.15) is 19.6 Å². The van der Waals surface area contributed by atoms with Crippen molar-refractivity contribution in [2.75, 3.05) is 40.0 Å². The third-order valence-corrected chi connectivity index (χ3v) is 3.85. The topological polar surface area (TPSA) is 27.3 Å². The molecule has 4 nitrogen and oxygen atoms in total. The summed E-state index contributed by atoms with van der Waals surface area (Å²) in [5, 5.41) is 0. The van der Waals surface area contributed by atoms with Crippen molar-refractivity contribution < 1.29 is 19.3 Å². The van der Waals surface area contributed by atoms with Gasteiger partial charge in [-0.05, 0) is 32.0 Å². The number of likely N-dealkylation sites (N-methyl/N-ethyl adjacent to an activating group) is 2. The van der Waals surface area contributed by atoms with Gasteiger partial charge in [-0.15, -0.1) is 0 Å². The molecule has 1 aliphatic rings. The van der Waals surface area contributed by atoms with E-state index in [2.05, 4.69) is 33.0 Å². The summed E-state index contributed by atoms with van der Waals surface area (Å²) in [5.41, 5.74) is 1.32. The molecule has 0 amide bonds. The molecule has 0 saturated heterocycles. The summed E-state index contributed by atoms with van der Waals surface area (Å²) in [5.74, 6) is 1.76. The Morgan fingerprint density at radius 3 is 2.53 bits per heavy atom. The number of ether oxygens (including phenoxy) is 2. The standard InChI is InChI=1S/C15H24N2O2/c1-4-17(5-2)9-8-16(3)11-13-6-7-14-15(10-13)19-12-18-14/h6-7,10H,4-5,8-9,11-12H2,1-3H3/p+2. The summed E-state index contributed by atoms with van der Waals surface area (Å²) in [7, 11) is 2.26. The van der Waals surface area contributed by atoms with Crippen LogP contribution in [0.1, 0.15) is 19.4 Å². The van der Waals surface area contributed by atoms with Crippen LogP contribution in [-0.2, 0) is 6.54 Å². The molecule has 1 aromatic rings. The first-order valence-electron chi connectivity index (χ1n) is 7.26. The SMILES string of the molecule is CC[NH+](CC)CC[NH+](C)Cc1ccc2c(c1)OCO2. The molecule has 19 heavy (non-hydrogen) atoms. The van der Waals surface area contributed by atoms with Gasteiger partial charge in [-0.3, -0.25) is 0 Å². The molecule has 4 heteroatoms. The van der Waals surface area contributed by atoms with Gasteiger partial charge in [0.05, 0.1) is 20.1 Å². The van der Waals surface area contributed by atoms with Gasteiger partial charge < -0.3 is 19.3 Å². The summed E-state index contributed by atoms with van der Waals surface area (Å²) in [6.45, 7) is 10.8. The van der Waals surface area contributed by atoms with E-state index in [0.717, 1.165) is 18.0 Å². The Hall–Kier alpha value is -1.26. The van der Waals surface area contributed by atoms with Gasteiger partial charge in [0.2, 0.25) is 6.79 Å². The first-order valence-corrected chi connectivity index (χ1v) is 7.26. The van der Waals surface area contributed by atoms with Gasteiger partial charge in [-0.25, -0.2) is 0 Å². The maximum Gasteiger partial charge on any atom is 0.231 e. The number of quaternary nitrogens is 2. The first-order chi connectivity index (χ1) is 9.22. The molecule has 1 heterocycles. The molecule has 1 atom stereocenters. The predicted octanol–water partition coefficient (Wildman–Crippen LogP) is -0.645. The normalized spacial score (nSPS) is 14.9. The van der Waals surface area contributed by atoms with Gasteiger partial charge in [-0.2, -0.15) is 0 Å². The fraction of sp³-hybridized carbons (Fsp3) is 0.600. The second-order valence-electron chi connectivity index (χ2n) is 5.28. The molecule has 0 radical (unpaired) electrons. The molecule has 0 aromatic heterocycles. The van der Waals surface area contributed by atoms with Crippen LogP contribution in [0.3, 0.4) is 0 Å². The average molecular weight is 266 g/mol. The Morgan fingerprint density at radius 1 is 1.05 bits per heavy atom. The molecule has 1 unspecified atom stereocenters. The van der Waals surface area contributed by atoms with Crippen LogP contribution in [0.5, 0.6) is 11.5 Å². The Kier molecular flexibility index (Phi) is 5.05. The van der Waals surface area contributed by atoms with Crippen molar-refractivity contribution in [2.24, 2.45) is 0 Å². The zero-order valence-electron chi connectivity index (χ0n) is 12.3. The predicted molar refractivity (Wildman–Crippen MR) is 74.9 cm³/mol. The second kappa shape index (κ2) is 6.78. The lowest BCUT2D eigenvalue weighted by molar-refractivity contribution is -0.953.